The van der Waals surface area contributed by atoms with Crippen LogP contribution in [0.2, 0.25) is 0 Å². The number of aryl methyl sites for hydroxylation is 2. The van der Waals surface area contributed by atoms with E-state index in [2.05, 4.69) is 9.97 Å². The zero-order valence-electron chi connectivity index (χ0n) is 17.4. The van der Waals surface area contributed by atoms with Crippen LogP contribution in [0, 0.1) is 6.92 Å². The van der Waals surface area contributed by atoms with E-state index in [9.17, 15) is 8.42 Å². The van der Waals surface area contributed by atoms with Crippen LogP contribution in [0.15, 0.2) is 36.4 Å². The fourth-order valence-corrected chi connectivity index (χ4v) is 3.98. The molecule has 0 saturated heterocycles. The van der Waals surface area contributed by atoms with Gasteiger partial charge < -0.3 is 4.74 Å². The maximum absolute atomic E-state index is 12.1. The van der Waals surface area contributed by atoms with Gasteiger partial charge in [-0.2, -0.15) is 4.98 Å². The Labute approximate surface area is 169 Å². The highest BCUT2D eigenvalue weighted by molar-refractivity contribution is 7.92. The third-order valence-corrected chi connectivity index (χ3v) is 7.28. The Hall–Kier alpha value is -1.95. The minimum atomic E-state index is -3.00. The Kier molecular flexibility index (Phi) is 7.98. The summed E-state index contributed by atoms with van der Waals surface area (Å²) in [7, 11) is -3.00. The quantitative estimate of drug-likeness (QED) is 0.504. The van der Waals surface area contributed by atoms with Crippen LogP contribution in [0.5, 0.6) is 11.6 Å². The van der Waals surface area contributed by atoms with Crippen molar-refractivity contribution in [2.75, 3.05) is 5.75 Å². The molecule has 0 fully saturated rings. The van der Waals surface area contributed by atoms with Gasteiger partial charge in [-0.3, -0.25) is 0 Å². The second-order valence-electron chi connectivity index (χ2n) is 8.13. The monoisotopic (exact) mass is 404 g/mol. The molecule has 0 unspecified atom stereocenters. The van der Waals surface area contributed by atoms with Crippen molar-refractivity contribution >= 4 is 9.84 Å². The molecule has 0 aliphatic rings. The summed E-state index contributed by atoms with van der Waals surface area (Å²) in [6, 6.07) is 11.4. The maximum atomic E-state index is 12.1. The van der Waals surface area contributed by atoms with E-state index in [0.29, 0.717) is 5.88 Å². The molecule has 0 bridgehead atoms. The van der Waals surface area contributed by atoms with Crippen LogP contribution in [-0.2, 0) is 16.3 Å². The summed E-state index contributed by atoms with van der Waals surface area (Å²) < 4.78 is 29.3. The minimum absolute atomic E-state index is 0.275. The summed E-state index contributed by atoms with van der Waals surface area (Å²) in [6.45, 7) is 7.23. The summed E-state index contributed by atoms with van der Waals surface area (Å²) in [5, 5.41) is 0. The van der Waals surface area contributed by atoms with E-state index >= 15 is 0 Å². The lowest BCUT2D eigenvalue weighted by Gasteiger charge is -2.18. The Morgan fingerprint density at radius 1 is 0.929 bits per heavy atom. The van der Waals surface area contributed by atoms with Gasteiger partial charge in [0.25, 0.3) is 0 Å². The van der Waals surface area contributed by atoms with E-state index in [0.717, 1.165) is 55.8 Å². The van der Waals surface area contributed by atoms with Gasteiger partial charge in [0.1, 0.15) is 11.6 Å². The Morgan fingerprint density at radius 3 is 2.25 bits per heavy atom. The topological polar surface area (TPSA) is 69.2 Å². The number of nitrogens with zero attached hydrogens (tertiary/aromatic N) is 2. The molecular formula is C22H32N2O3S. The van der Waals surface area contributed by atoms with Gasteiger partial charge in [0.2, 0.25) is 5.88 Å². The van der Waals surface area contributed by atoms with Gasteiger partial charge >= 0.3 is 0 Å². The van der Waals surface area contributed by atoms with Crippen molar-refractivity contribution in [3.63, 3.8) is 0 Å². The summed E-state index contributed by atoms with van der Waals surface area (Å²) in [5.74, 6) is 2.40. The Balaban J connectivity index is 1.73. The van der Waals surface area contributed by atoms with Crippen LogP contribution < -0.4 is 4.74 Å². The standard InChI is InChI=1S/C22H32N2O3S/c1-18-17-21(27-19-13-9-8-10-14-19)24-20(23-18)15-11-6-5-7-12-16-28(25,26)22(2,3)4/h8-10,13-14,17H,5-7,11-12,15-16H2,1-4H3. The molecule has 1 aromatic carbocycles. The molecule has 154 valence electrons. The molecule has 0 saturated carbocycles. The first-order chi connectivity index (χ1) is 13.2. The van der Waals surface area contributed by atoms with Gasteiger partial charge in [0, 0.05) is 18.2 Å². The highest BCUT2D eigenvalue weighted by Crippen LogP contribution is 2.20. The number of ether oxygens (including phenoxy) is 1. The number of unbranched alkanes of at least 4 members (excludes halogenated alkanes) is 4. The number of benzene rings is 1. The molecule has 2 aromatic rings. The summed E-state index contributed by atoms with van der Waals surface area (Å²) in [5.41, 5.74) is 0.892. The number of rotatable bonds is 10. The summed E-state index contributed by atoms with van der Waals surface area (Å²) in [6.07, 6.45) is 5.52. The zero-order chi connectivity index (χ0) is 20.6. The van der Waals surface area contributed by atoms with Gasteiger partial charge in [-0.05, 0) is 52.7 Å². The number of para-hydroxylation sites is 1. The molecule has 6 heteroatoms. The van der Waals surface area contributed by atoms with E-state index in [-0.39, 0.29) is 5.75 Å². The lowest BCUT2D eigenvalue weighted by Crippen LogP contribution is -2.30. The second-order valence-corrected chi connectivity index (χ2v) is 11.0. The molecule has 2 rings (SSSR count). The Bertz CT molecular complexity index is 844. The molecular weight excluding hydrogens is 372 g/mol. The van der Waals surface area contributed by atoms with Gasteiger partial charge in [-0.25, -0.2) is 13.4 Å². The van der Waals surface area contributed by atoms with Gasteiger partial charge in [-0.1, -0.05) is 37.5 Å². The maximum Gasteiger partial charge on any atom is 0.222 e. The molecule has 0 radical (unpaired) electrons. The first kappa shape index (κ1) is 22.3. The van der Waals surface area contributed by atoms with Crippen LogP contribution in [-0.4, -0.2) is 28.9 Å². The third kappa shape index (κ3) is 7.23. The molecule has 1 aromatic heterocycles. The van der Waals surface area contributed by atoms with E-state index < -0.39 is 14.6 Å². The molecule has 0 aliphatic carbocycles. The van der Waals surface area contributed by atoms with Crippen molar-refractivity contribution in [3.05, 3.63) is 47.9 Å². The normalized spacial score (nSPS) is 12.1. The molecule has 0 aliphatic heterocycles. The fraction of sp³-hybridized carbons (Fsp3) is 0.545. The molecule has 0 atom stereocenters. The lowest BCUT2D eigenvalue weighted by atomic mass is 10.1. The molecule has 5 nitrogen and oxygen atoms in total. The predicted molar refractivity (Wildman–Crippen MR) is 114 cm³/mol. The number of sulfone groups is 1. The van der Waals surface area contributed by atoms with Crippen LogP contribution in [0.4, 0.5) is 0 Å². The van der Waals surface area contributed by atoms with Gasteiger partial charge in [0.15, 0.2) is 9.84 Å². The van der Waals surface area contributed by atoms with E-state index in [1.54, 1.807) is 20.8 Å². The molecule has 0 amide bonds. The van der Waals surface area contributed by atoms with Crippen molar-refractivity contribution in [1.82, 2.24) is 9.97 Å². The minimum Gasteiger partial charge on any atom is -0.439 e. The highest BCUT2D eigenvalue weighted by Gasteiger charge is 2.27. The first-order valence-corrected chi connectivity index (χ1v) is 11.6. The molecule has 0 spiro atoms. The van der Waals surface area contributed by atoms with Crippen LogP contribution in [0.25, 0.3) is 0 Å². The summed E-state index contributed by atoms with van der Waals surface area (Å²) >= 11 is 0. The average Bonchev–Trinajstić information content (AvgIpc) is 2.60. The van der Waals surface area contributed by atoms with Crippen molar-refractivity contribution in [2.45, 2.75) is 71.0 Å². The van der Waals surface area contributed by atoms with E-state index in [4.69, 9.17) is 4.74 Å². The number of aromatic nitrogens is 2. The van der Waals surface area contributed by atoms with Gasteiger partial charge in [0.05, 0.1) is 10.5 Å². The number of hydrogen-bond donors (Lipinski definition) is 0. The van der Waals surface area contributed by atoms with Crippen LogP contribution in [0.3, 0.4) is 0 Å². The Morgan fingerprint density at radius 2 is 1.57 bits per heavy atom. The number of hydrogen-bond acceptors (Lipinski definition) is 5. The van der Waals surface area contributed by atoms with Crippen molar-refractivity contribution in [3.8, 4) is 11.6 Å². The van der Waals surface area contributed by atoms with E-state index in [1.807, 2.05) is 43.3 Å². The smallest absolute Gasteiger partial charge is 0.222 e. The largest absolute Gasteiger partial charge is 0.439 e. The van der Waals surface area contributed by atoms with Crippen molar-refractivity contribution < 1.29 is 13.2 Å². The first-order valence-electron chi connectivity index (χ1n) is 9.97. The predicted octanol–water partition coefficient (Wildman–Crippen LogP) is 5.28. The van der Waals surface area contributed by atoms with Crippen LogP contribution in [0.1, 0.15) is 64.4 Å². The molecule has 0 N–H and O–H groups in total. The average molecular weight is 405 g/mol. The van der Waals surface area contributed by atoms with Crippen molar-refractivity contribution in [1.29, 1.82) is 0 Å². The highest BCUT2D eigenvalue weighted by atomic mass is 32.2. The van der Waals surface area contributed by atoms with E-state index in [1.165, 1.54) is 0 Å². The third-order valence-electron chi connectivity index (χ3n) is 4.59. The van der Waals surface area contributed by atoms with Crippen molar-refractivity contribution in [2.24, 2.45) is 0 Å². The van der Waals surface area contributed by atoms with Gasteiger partial charge in [-0.15, -0.1) is 0 Å². The summed E-state index contributed by atoms with van der Waals surface area (Å²) in [4.78, 5) is 9.01. The lowest BCUT2D eigenvalue weighted by molar-refractivity contribution is 0.456. The molecule has 1 heterocycles. The second kappa shape index (κ2) is 10.0. The zero-order valence-corrected chi connectivity index (χ0v) is 18.3. The SMILES string of the molecule is Cc1cc(Oc2ccccc2)nc(CCCCCCCS(=O)(=O)C(C)(C)C)n1. The fourth-order valence-electron chi connectivity index (χ4n) is 2.78. The van der Waals surface area contributed by atoms with Crippen LogP contribution >= 0.6 is 0 Å². The molecule has 28 heavy (non-hydrogen) atoms.